The Labute approximate surface area is 578 Å². The van der Waals surface area contributed by atoms with E-state index in [0.717, 1.165) is 77.7 Å². The van der Waals surface area contributed by atoms with Crippen LogP contribution in [0.15, 0.2) is 315 Å². The third kappa shape index (κ3) is 8.13. The number of aromatic nitrogens is 6. The first kappa shape index (κ1) is 56.5. The van der Waals surface area contributed by atoms with Gasteiger partial charge in [-0.1, -0.05) is 240 Å². The predicted octanol–water partition coefficient (Wildman–Crippen LogP) is 24.1. The molecular formula is C94H64N6. The zero-order valence-electron chi connectivity index (χ0n) is 55.7. The second-order valence-corrected chi connectivity index (χ2v) is 28.5. The second kappa shape index (κ2) is 20.9. The molecule has 0 aliphatic heterocycles. The minimum absolute atomic E-state index is 0.106. The Morgan fingerprint density at radius 1 is 0.210 bits per heavy atom. The highest BCUT2D eigenvalue weighted by Crippen LogP contribution is 2.52. The van der Waals surface area contributed by atoms with Crippen LogP contribution in [-0.2, 0) is 10.8 Å². The molecule has 0 atom stereocenters. The molecule has 100 heavy (non-hydrogen) atoms. The molecule has 0 amide bonds. The summed E-state index contributed by atoms with van der Waals surface area (Å²) in [5.74, 6) is 0.605. The van der Waals surface area contributed by atoms with Crippen molar-refractivity contribution in [3.8, 4) is 90.0 Å². The van der Waals surface area contributed by atoms with E-state index < -0.39 is 0 Å². The van der Waals surface area contributed by atoms with E-state index in [0.29, 0.717) is 5.95 Å². The molecule has 5 heterocycles. The number of hydrogen-bond donors (Lipinski definition) is 0. The smallest absolute Gasteiger partial charge is 0.235 e. The summed E-state index contributed by atoms with van der Waals surface area (Å²) in [6.07, 6.45) is 0. The van der Waals surface area contributed by atoms with Crippen molar-refractivity contribution in [3.05, 3.63) is 338 Å². The number of hydrogen-bond acceptors (Lipinski definition) is 2. The summed E-state index contributed by atoms with van der Waals surface area (Å²) in [5.41, 5.74) is 31.3. The molecule has 2 aliphatic carbocycles. The van der Waals surface area contributed by atoms with Gasteiger partial charge in [-0.3, -0.25) is 4.57 Å². The van der Waals surface area contributed by atoms with Crippen LogP contribution in [0.5, 0.6) is 0 Å². The first-order valence-corrected chi connectivity index (χ1v) is 34.8. The van der Waals surface area contributed by atoms with Crippen LogP contribution in [0.1, 0.15) is 49.9 Å². The summed E-state index contributed by atoms with van der Waals surface area (Å²) < 4.78 is 9.63. The fourth-order valence-corrected chi connectivity index (χ4v) is 17.6. The quantitative estimate of drug-likeness (QED) is 0.152. The molecule has 0 saturated heterocycles. The highest BCUT2D eigenvalue weighted by atomic mass is 15.2. The van der Waals surface area contributed by atoms with Gasteiger partial charge in [0, 0.05) is 82.1 Å². The maximum atomic E-state index is 5.66. The molecule has 0 radical (unpaired) electrons. The molecule has 19 aromatic rings. The average Bonchev–Trinajstić information content (AvgIpc) is 1.58. The van der Waals surface area contributed by atoms with Gasteiger partial charge in [-0.25, -0.2) is 9.97 Å². The third-order valence-corrected chi connectivity index (χ3v) is 22.4. The lowest BCUT2D eigenvalue weighted by atomic mass is 9.82. The predicted molar refractivity (Wildman–Crippen MR) is 416 cm³/mol. The molecule has 2 aliphatic rings. The van der Waals surface area contributed by atoms with E-state index in [2.05, 4.69) is 361 Å². The van der Waals surface area contributed by atoms with Gasteiger partial charge in [0.1, 0.15) is 0 Å². The Morgan fingerprint density at radius 2 is 0.570 bits per heavy atom. The zero-order chi connectivity index (χ0) is 66.3. The van der Waals surface area contributed by atoms with Crippen LogP contribution in [0.3, 0.4) is 0 Å². The SMILES string of the molecule is CC1(C)c2ccccc2-c2ccc(-n3c4ccccc4c4cc(-c5ccc6c7ccccc7n(-c7cccc(-c8cc(-c9ccccc9)nc(-n9c%10ccccc%10c%10ccc(-c%11ccc%12c(c%11)c%11ccccc%11n%12-c%11ccc%12c(c%11)C(C)(C)c%11ccccc%11-%12)cc%109)n8)c7)c6c5)ccc43)cc21. The summed E-state index contributed by atoms with van der Waals surface area (Å²) in [6.45, 7) is 9.44. The Kier molecular flexibility index (Phi) is 11.8. The van der Waals surface area contributed by atoms with Crippen molar-refractivity contribution in [1.29, 1.82) is 0 Å². The number of fused-ring (bicyclic) bond motifs is 18. The van der Waals surface area contributed by atoms with E-state index in [1.807, 2.05) is 0 Å². The summed E-state index contributed by atoms with van der Waals surface area (Å²) in [7, 11) is 0. The molecule has 6 nitrogen and oxygen atoms in total. The van der Waals surface area contributed by atoms with E-state index in [-0.39, 0.29) is 10.8 Å². The Balaban J connectivity index is 0.681. The Bertz CT molecular complexity index is 6720. The van der Waals surface area contributed by atoms with Gasteiger partial charge in [0.2, 0.25) is 5.95 Å². The largest absolute Gasteiger partial charge is 0.309 e. The number of rotatable bonds is 8. The van der Waals surface area contributed by atoms with Crippen LogP contribution in [0, 0.1) is 0 Å². The molecule has 6 heteroatoms. The molecular weight excluding hydrogens is 1210 g/mol. The van der Waals surface area contributed by atoms with Crippen molar-refractivity contribution < 1.29 is 0 Å². The zero-order valence-corrected chi connectivity index (χ0v) is 55.7. The van der Waals surface area contributed by atoms with E-state index in [4.69, 9.17) is 9.97 Å². The van der Waals surface area contributed by atoms with Crippen molar-refractivity contribution in [2.45, 2.75) is 38.5 Å². The molecule has 21 rings (SSSR count). The van der Waals surface area contributed by atoms with E-state index in [1.165, 1.54) is 116 Å². The molecule has 0 fully saturated rings. The minimum Gasteiger partial charge on any atom is -0.309 e. The van der Waals surface area contributed by atoms with Crippen LogP contribution in [0.2, 0.25) is 0 Å². The lowest BCUT2D eigenvalue weighted by Crippen LogP contribution is -2.15. The fourth-order valence-electron chi connectivity index (χ4n) is 17.6. The van der Waals surface area contributed by atoms with Crippen molar-refractivity contribution in [1.82, 2.24) is 28.2 Å². The number of nitrogens with zero attached hydrogens (tertiary/aromatic N) is 6. The van der Waals surface area contributed by atoms with E-state index >= 15 is 0 Å². The molecule has 5 aromatic heterocycles. The van der Waals surface area contributed by atoms with Gasteiger partial charge in [-0.2, -0.15) is 0 Å². The first-order valence-electron chi connectivity index (χ1n) is 34.8. The first-order chi connectivity index (χ1) is 49.1. The Hall–Kier alpha value is -12.6. The maximum Gasteiger partial charge on any atom is 0.235 e. The van der Waals surface area contributed by atoms with Crippen molar-refractivity contribution >= 4 is 87.2 Å². The van der Waals surface area contributed by atoms with Gasteiger partial charge in [0.05, 0.1) is 55.5 Å². The second-order valence-electron chi connectivity index (χ2n) is 28.5. The van der Waals surface area contributed by atoms with Gasteiger partial charge in [0.25, 0.3) is 0 Å². The normalized spacial score (nSPS) is 13.6. The van der Waals surface area contributed by atoms with Gasteiger partial charge in [-0.15, -0.1) is 0 Å². The van der Waals surface area contributed by atoms with Crippen molar-refractivity contribution in [2.75, 3.05) is 0 Å². The topological polar surface area (TPSA) is 45.5 Å². The van der Waals surface area contributed by atoms with Crippen molar-refractivity contribution in [3.63, 3.8) is 0 Å². The highest BCUT2D eigenvalue weighted by molar-refractivity contribution is 6.15. The van der Waals surface area contributed by atoms with Gasteiger partial charge >= 0.3 is 0 Å². The van der Waals surface area contributed by atoms with Crippen LogP contribution in [0.25, 0.3) is 177 Å². The molecule has 470 valence electrons. The van der Waals surface area contributed by atoms with E-state index in [9.17, 15) is 0 Å². The number of benzene rings is 14. The third-order valence-electron chi connectivity index (χ3n) is 22.4. The summed E-state index contributed by atoms with van der Waals surface area (Å²) >= 11 is 0. The number of para-hydroxylation sites is 4. The average molecular weight is 1280 g/mol. The highest BCUT2D eigenvalue weighted by Gasteiger charge is 2.37. The van der Waals surface area contributed by atoms with Crippen LogP contribution >= 0.6 is 0 Å². The molecule has 0 unspecified atom stereocenters. The molecule has 0 N–H and O–H groups in total. The monoisotopic (exact) mass is 1280 g/mol. The molecule has 14 aromatic carbocycles. The lowest BCUT2D eigenvalue weighted by Gasteiger charge is -2.22. The standard InChI is InChI=1S/C94H64N6/c1-93(2)78-31-14-8-25-66(78)68-45-41-64(54-80(68)93)97-85-34-17-12-29-72(85)76-50-58(39-47-88(76)97)60-37-43-74-70-27-10-16-33-84(70)99(90(74)52-60)63-24-20-23-62(49-63)83-56-82(57-21-6-5-7-22-57)95-92(96-83)100-87-36-19-11-28-71(87)75-44-38-61(53-91(75)100)59-40-48-89-77(51-59)73-30-13-18-35-86(73)98(89)65-42-46-69-67-26-9-15-32-79(67)94(3,4)81(69)55-65/h5-56H,1-4H3. The van der Waals surface area contributed by atoms with Gasteiger partial charge in [-0.05, 0) is 170 Å². The Morgan fingerprint density at radius 3 is 1.09 bits per heavy atom. The molecule has 0 saturated carbocycles. The van der Waals surface area contributed by atoms with Gasteiger partial charge < -0.3 is 13.7 Å². The summed E-state index contributed by atoms with van der Waals surface area (Å²) in [5, 5.41) is 9.58. The van der Waals surface area contributed by atoms with Crippen LogP contribution < -0.4 is 0 Å². The maximum absolute atomic E-state index is 5.66. The van der Waals surface area contributed by atoms with Crippen molar-refractivity contribution in [2.24, 2.45) is 0 Å². The van der Waals surface area contributed by atoms with Crippen LogP contribution in [0.4, 0.5) is 0 Å². The minimum atomic E-state index is -0.112. The summed E-state index contributed by atoms with van der Waals surface area (Å²) in [6, 6.07) is 117. The molecule has 0 spiro atoms. The summed E-state index contributed by atoms with van der Waals surface area (Å²) in [4.78, 5) is 11.2. The fraction of sp³-hybridized carbons (Fsp3) is 0.0638. The van der Waals surface area contributed by atoms with Gasteiger partial charge in [0.15, 0.2) is 0 Å². The lowest BCUT2D eigenvalue weighted by molar-refractivity contribution is 0.660. The van der Waals surface area contributed by atoms with Crippen LogP contribution in [-0.4, -0.2) is 28.2 Å². The molecule has 0 bridgehead atoms. The van der Waals surface area contributed by atoms with E-state index in [1.54, 1.807) is 0 Å².